The average Bonchev–Trinajstić information content (AvgIpc) is 2.85. The van der Waals surface area contributed by atoms with Crippen molar-refractivity contribution in [2.24, 2.45) is 0 Å². The van der Waals surface area contributed by atoms with E-state index in [0.717, 1.165) is 41.1 Å². The molecule has 1 amide bonds. The summed E-state index contributed by atoms with van der Waals surface area (Å²) in [6, 6.07) is 12.4. The van der Waals surface area contributed by atoms with E-state index in [-0.39, 0.29) is 28.7 Å². The molecule has 0 fully saturated rings. The van der Waals surface area contributed by atoms with Gasteiger partial charge in [0.05, 0.1) is 10.9 Å². The van der Waals surface area contributed by atoms with Crippen molar-refractivity contribution in [2.75, 3.05) is 10.0 Å². The number of carbonyl (C=O) groups is 1. The summed E-state index contributed by atoms with van der Waals surface area (Å²) in [5, 5.41) is 7.02. The summed E-state index contributed by atoms with van der Waals surface area (Å²) in [4.78, 5) is 24.6. The molecule has 0 atom stereocenters. The monoisotopic (exact) mass is 534 g/mol. The third-order valence-corrected chi connectivity index (χ3v) is 6.70. The fourth-order valence-corrected chi connectivity index (χ4v) is 4.72. The van der Waals surface area contributed by atoms with E-state index in [9.17, 15) is 35.6 Å². The summed E-state index contributed by atoms with van der Waals surface area (Å²) in [5.41, 5.74) is -2.17. The van der Waals surface area contributed by atoms with Crippen LogP contribution in [-0.2, 0) is 22.7 Å². The molecule has 1 aromatic heterocycles. The Hall–Kier alpha value is -4.26. The molecular weight excluding hydrogens is 516 g/mol. The molecule has 0 unspecified atom stereocenters. The molecule has 0 bridgehead atoms. The van der Waals surface area contributed by atoms with Crippen molar-refractivity contribution in [3.8, 4) is 0 Å². The van der Waals surface area contributed by atoms with Crippen LogP contribution >= 0.6 is 0 Å². The van der Waals surface area contributed by atoms with Crippen LogP contribution in [0.1, 0.15) is 23.0 Å². The average molecular weight is 534 g/mol. The molecule has 3 aromatic carbocycles. The molecule has 8 nitrogen and oxygen atoms in total. The molecule has 0 aliphatic rings. The minimum absolute atomic E-state index is 0.118. The van der Waals surface area contributed by atoms with Crippen molar-refractivity contribution in [3.05, 3.63) is 94.2 Å². The second-order valence-electron chi connectivity index (χ2n) is 7.80. The maximum atomic E-state index is 14.5. The Balaban J connectivity index is 1.67. The molecule has 4 aromatic rings. The van der Waals surface area contributed by atoms with E-state index in [2.05, 4.69) is 10.4 Å². The highest BCUT2D eigenvalue weighted by Gasteiger charge is 2.31. The summed E-state index contributed by atoms with van der Waals surface area (Å²) < 4.78 is 82.0. The maximum absolute atomic E-state index is 14.5. The summed E-state index contributed by atoms with van der Waals surface area (Å²) in [7, 11) is -4.68. The normalized spacial score (nSPS) is 11.9. The smallest absolute Gasteiger partial charge is 0.321 e. The Bertz CT molecular complexity index is 1680. The van der Waals surface area contributed by atoms with Crippen LogP contribution in [0.25, 0.3) is 10.8 Å². The van der Waals surface area contributed by atoms with Crippen molar-refractivity contribution in [2.45, 2.75) is 24.5 Å². The summed E-state index contributed by atoms with van der Waals surface area (Å²) >= 11 is 0. The van der Waals surface area contributed by atoms with Crippen LogP contribution in [0, 0.1) is 5.82 Å². The van der Waals surface area contributed by atoms with Gasteiger partial charge in [-0.3, -0.25) is 14.3 Å². The number of anilines is 2. The third-order valence-electron chi connectivity index (χ3n) is 5.30. The van der Waals surface area contributed by atoms with Gasteiger partial charge in [0.15, 0.2) is 5.69 Å². The second-order valence-corrected chi connectivity index (χ2v) is 9.45. The lowest BCUT2D eigenvalue weighted by atomic mass is 10.1. The van der Waals surface area contributed by atoms with Gasteiger partial charge in [0.2, 0.25) is 0 Å². The van der Waals surface area contributed by atoms with Crippen LogP contribution in [0.4, 0.5) is 28.9 Å². The van der Waals surface area contributed by atoms with Crippen molar-refractivity contribution >= 4 is 38.1 Å². The van der Waals surface area contributed by atoms with Crippen molar-refractivity contribution < 1.29 is 30.8 Å². The summed E-state index contributed by atoms with van der Waals surface area (Å²) in [5.74, 6) is -1.99. The number of nitrogens with one attached hydrogen (secondary N) is 2. The van der Waals surface area contributed by atoms with Crippen LogP contribution in [0.3, 0.4) is 0 Å². The van der Waals surface area contributed by atoms with Crippen molar-refractivity contribution in [3.63, 3.8) is 0 Å². The topological polar surface area (TPSA) is 110 Å². The highest BCUT2D eigenvalue weighted by Crippen LogP contribution is 2.31. The Morgan fingerprint density at radius 3 is 2.35 bits per heavy atom. The van der Waals surface area contributed by atoms with E-state index < -0.39 is 49.6 Å². The van der Waals surface area contributed by atoms with Crippen LogP contribution in [-0.4, -0.2) is 24.1 Å². The predicted molar refractivity (Wildman–Crippen MR) is 128 cm³/mol. The molecule has 192 valence electrons. The number of rotatable bonds is 6. The lowest BCUT2D eigenvalue weighted by molar-refractivity contribution is -0.137. The molecule has 0 aliphatic carbocycles. The maximum Gasteiger partial charge on any atom is 0.416 e. The predicted octanol–water partition coefficient (Wildman–Crippen LogP) is 4.63. The Kier molecular flexibility index (Phi) is 6.74. The molecule has 0 spiro atoms. The number of carbonyl (C=O) groups excluding carboxylic acids is 1. The van der Waals surface area contributed by atoms with Gasteiger partial charge in [0, 0.05) is 23.3 Å². The first kappa shape index (κ1) is 25.8. The number of hydrogen-bond donors (Lipinski definition) is 2. The summed E-state index contributed by atoms with van der Waals surface area (Å²) in [6.45, 7) is 1.85. The number of fused-ring (bicyclic) bond motifs is 1. The number of hydrogen-bond acceptors (Lipinski definition) is 5. The van der Waals surface area contributed by atoms with Crippen LogP contribution in [0.5, 0.6) is 0 Å². The van der Waals surface area contributed by atoms with E-state index in [0.29, 0.717) is 6.07 Å². The van der Waals surface area contributed by atoms with Gasteiger partial charge in [0.25, 0.3) is 21.5 Å². The second kappa shape index (κ2) is 9.65. The van der Waals surface area contributed by atoms with Crippen LogP contribution in [0.2, 0.25) is 0 Å². The number of nitrogens with zero attached hydrogens (tertiary/aromatic N) is 2. The highest BCUT2D eigenvalue weighted by molar-refractivity contribution is 7.92. The van der Waals surface area contributed by atoms with Crippen LogP contribution < -0.4 is 15.6 Å². The van der Waals surface area contributed by atoms with Gasteiger partial charge < -0.3 is 5.32 Å². The quantitative estimate of drug-likeness (QED) is 0.351. The van der Waals surface area contributed by atoms with E-state index >= 15 is 0 Å². The van der Waals surface area contributed by atoms with Crippen molar-refractivity contribution in [1.29, 1.82) is 0 Å². The fourth-order valence-electron chi connectivity index (χ4n) is 3.56. The lowest BCUT2D eigenvalue weighted by Crippen LogP contribution is -2.27. The van der Waals surface area contributed by atoms with E-state index in [1.165, 1.54) is 12.1 Å². The Morgan fingerprint density at radius 2 is 1.68 bits per heavy atom. The zero-order valence-corrected chi connectivity index (χ0v) is 19.8. The minimum atomic E-state index is -4.71. The molecular formula is C24H18F4N4O4S. The number of halogens is 4. The molecule has 37 heavy (non-hydrogen) atoms. The van der Waals surface area contributed by atoms with Gasteiger partial charge in [-0.2, -0.15) is 18.3 Å². The van der Waals surface area contributed by atoms with E-state index in [1.807, 2.05) is 4.72 Å². The minimum Gasteiger partial charge on any atom is -0.321 e. The molecule has 0 saturated carbocycles. The first-order valence-corrected chi connectivity index (χ1v) is 12.2. The summed E-state index contributed by atoms with van der Waals surface area (Å²) in [6.07, 6.45) is -4.71. The standard InChI is InChI=1S/C24H18F4N4O4S/c1-2-32-23(34)18-9-4-3-8-17(18)21(30-32)22(33)29-15-10-11-19(25)20(13-15)37(35,36)31-16-7-5-6-14(12-16)24(26,27)28/h3-13,31H,2H2,1H3,(H,29,33). The van der Waals surface area contributed by atoms with Crippen LogP contribution in [0.15, 0.2) is 76.4 Å². The van der Waals surface area contributed by atoms with Gasteiger partial charge in [-0.1, -0.05) is 24.3 Å². The molecule has 1 heterocycles. The molecule has 0 aliphatic heterocycles. The van der Waals surface area contributed by atoms with Gasteiger partial charge >= 0.3 is 6.18 Å². The molecule has 0 saturated heterocycles. The SMILES string of the molecule is CCn1nc(C(=O)Nc2ccc(F)c(S(=O)(=O)Nc3cccc(C(F)(F)F)c3)c2)c2ccccc2c1=O. The fraction of sp³-hybridized carbons (Fsp3) is 0.125. The van der Waals surface area contributed by atoms with E-state index in [4.69, 9.17) is 0 Å². The highest BCUT2D eigenvalue weighted by atomic mass is 32.2. The Morgan fingerprint density at radius 1 is 0.973 bits per heavy atom. The van der Waals surface area contributed by atoms with E-state index in [1.54, 1.807) is 19.1 Å². The lowest BCUT2D eigenvalue weighted by Gasteiger charge is -2.13. The number of amides is 1. The van der Waals surface area contributed by atoms with Gasteiger partial charge in [-0.25, -0.2) is 17.5 Å². The largest absolute Gasteiger partial charge is 0.416 e. The molecule has 4 rings (SSSR count). The zero-order chi connectivity index (χ0) is 27.0. The molecule has 2 N–H and O–H groups in total. The number of aryl methyl sites for hydroxylation is 1. The zero-order valence-electron chi connectivity index (χ0n) is 19.0. The molecule has 0 radical (unpaired) electrons. The van der Waals surface area contributed by atoms with Gasteiger partial charge in [-0.15, -0.1) is 0 Å². The van der Waals surface area contributed by atoms with Crippen molar-refractivity contribution in [1.82, 2.24) is 9.78 Å². The van der Waals surface area contributed by atoms with Gasteiger partial charge in [-0.05, 0) is 49.4 Å². The third kappa shape index (κ3) is 5.31. The number of aromatic nitrogens is 2. The first-order chi connectivity index (χ1) is 17.4. The number of benzene rings is 3. The number of sulfonamides is 1. The number of alkyl halides is 3. The van der Waals surface area contributed by atoms with Gasteiger partial charge in [0.1, 0.15) is 10.7 Å². The Labute approximate surface area is 207 Å². The first-order valence-electron chi connectivity index (χ1n) is 10.7. The molecule has 13 heteroatoms.